The summed E-state index contributed by atoms with van der Waals surface area (Å²) in [6, 6.07) is 38.0. The molecule has 0 aliphatic heterocycles. The molecule has 4 nitrogen and oxygen atoms in total. The fourth-order valence-corrected chi connectivity index (χ4v) is 6.47. The summed E-state index contributed by atoms with van der Waals surface area (Å²) in [7, 11) is 0. The second-order valence-electron chi connectivity index (χ2n) is 11.9. The average Bonchev–Trinajstić information content (AvgIpc) is 3.49. The van der Waals surface area contributed by atoms with E-state index in [9.17, 15) is 9.59 Å². The number of hydrogen-bond acceptors (Lipinski definition) is 3. The molecule has 50 heavy (non-hydrogen) atoms. The van der Waals surface area contributed by atoms with Gasteiger partial charge in [0.15, 0.2) is 12.1 Å². The molecule has 0 amide bonds. The molecule has 244 valence electrons. The summed E-state index contributed by atoms with van der Waals surface area (Å²) in [5.41, 5.74) is 8.17. The number of rotatable bonds is 12. The summed E-state index contributed by atoms with van der Waals surface area (Å²) in [6.07, 6.45) is 12.9. The van der Waals surface area contributed by atoms with Gasteiger partial charge in [-0.3, -0.25) is 9.59 Å². The number of aromatic nitrogens is 1. The number of para-hydroxylation sites is 2. The monoisotopic (exact) mass is 650 g/mol. The minimum absolute atomic E-state index is 0.217. The van der Waals surface area contributed by atoms with Crippen molar-refractivity contribution < 1.29 is 9.59 Å². The molecular formula is C46H38N2O2. The predicted octanol–water partition coefficient (Wildman–Crippen LogP) is 11.6. The second-order valence-corrected chi connectivity index (χ2v) is 11.9. The Morgan fingerprint density at radius 1 is 0.740 bits per heavy atom. The van der Waals surface area contributed by atoms with Gasteiger partial charge in [-0.2, -0.15) is 0 Å². The average molecular weight is 651 g/mol. The maximum atomic E-state index is 13.3. The van der Waals surface area contributed by atoms with Gasteiger partial charge in [-0.15, -0.1) is 0 Å². The summed E-state index contributed by atoms with van der Waals surface area (Å²) in [6.45, 7) is 15.4. The zero-order chi connectivity index (χ0) is 35.2. The van der Waals surface area contributed by atoms with Crippen LogP contribution in [0.15, 0.2) is 188 Å². The fourth-order valence-electron chi connectivity index (χ4n) is 6.47. The Hall–Kier alpha value is -6.52. The topological polar surface area (TPSA) is 42.3 Å². The lowest BCUT2D eigenvalue weighted by Crippen LogP contribution is -2.15. The molecule has 0 bridgehead atoms. The number of nitrogens with zero attached hydrogens (tertiary/aromatic N) is 2. The van der Waals surface area contributed by atoms with Gasteiger partial charge in [-0.25, -0.2) is 0 Å². The molecule has 0 atom stereocenters. The predicted molar refractivity (Wildman–Crippen MR) is 212 cm³/mol. The molecule has 1 aromatic heterocycles. The van der Waals surface area contributed by atoms with E-state index in [0.717, 1.165) is 50.1 Å². The van der Waals surface area contributed by atoms with Crippen molar-refractivity contribution in [2.24, 2.45) is 0 Å². The molecule has 1 heterocycles. The van der Waals surface area contributed by atoms with Crippen molar-refractivity contribution in [2.75, 3.05) is 4.90 Å². The van der Waals surface area contributed by atoms with Gasteiger partial charge >= 0.3 is 0 Å². The first kappa shape index (κ1) is 33.4. The van der Waals surface area contributed by atoms with E-state index in [1.54, 1.807) is 25.2 Å². The zero-order valence-electron chi connectivity index (χ0n) is 28.3. The Morgan fingerprint density at radius 2 is 1.40 bits per heavy atom. The third-order valence-electron chi connectivity index (χ3n) is 8.77. The third-order valence-corrected chi connectivity index (χ3v) is 8.77. The van der Waals surface area contributed by atoms with E-state index in [2.05, 4.69) is 132 Å². The maximum Gasteiger partial charge on any atom is 0.189 e. The van der Waals surface area contributed by atoms with Crippen molar-refractivity contribution in [1.82, 2.24) is 4.57 Å². The van der Waals surface area contributed by atoms with E-state index in [0.29, 0.717) is 17.4 Å². The fraction of sp³-hybridized carbons (Fsp3) is 0.0435. The minimum atomic E-state index is -0.217. The van der Waals surface area contributed by atoms with Crippen LogP contribution in [-0.4, -0.2) is 16.6 Å². The number of allylic oxidation sites excluding steroid dienone is 9. The van der Waals surface area contributed by atoms with Crippen molar-refractivity contribution in [3.05, 3.63) is 193 Å². The van der Waals surface area contributed by atoms with Crippen molar-refractivity contribution in [3.8, 4) is 5.69 Å². The highest BCUT2D eigenvalue weighted by molar-refractivity contribution is 6.15. The first-order valence-corrected chi connectivity index (χ1v) is 16.5. The van der Waals surface area contributed by atoms with E-state index in [-0.39, 0.29) is 11.4 Å². The van der Waals surface area contributed by atoms with Gasteiger partial charge in [0, 0.05) is 44.7 Å². The van der Waals surface area contributed by atoms with E-state index in [1.807, 2.05) is 31.2 Å². The molecule has 0 spiro atoms. The van der Waals surface area contributed by atoms with Crippen LogP contribution < -0.4 is 4.90 Å². The summed E-state index contributed by atoms with van der Waals surface area (Å²) in [4.78, 5) is 27.0. The van der Waals surface area contributed by atoms with Crippen molar-refractivity contribution >= 4 is 62.1 Å². The molecule has 4 heteroatoms. The Morgan fingerprint density at radius 3 is 2.04 bits per heavy atom. The van der Waals surface area contributed by atoms with Crippen LogP contribution in [0, 0.1) is 0 Å². The van der Waals surface area contributed by atoms with Crippen LogP contribution in [0.1, 0.15) is 19.4 Å². The number of aldehydes is 1. The number of ketones is 1. The van der Waals surface area contributed by atoms with Gasteiger partial charge in [-0.05, 0) is 103 Å². The molecule has 0 aliphatic rings. The van der Waals surface area contributed by atoms with Crippen LogP contribution in [0.2, 0.25) is 0 Å². The molecule has 0 fully saturated rings. The van der Waals surface area contributed by atoms with Gasteiger partial charge in [0.1, 0.15) is 0 Å². The molecule has 5 aromatic carbocycles. The van der Waals surface area contributed by atoms with E-state index in [4.69, 9.17) is 0 Å². The Labute approximate surface area is 293 Å². The molecular weight excluding hydrogens is 613 g/mol. The SMILES string of the molecule is C=C/C=C(\C=C)N(c1cccc(-n2c3ccccc3c3ccccc32)c1)c1ccc2cc(C=C(C)C(=O)C(/C=C\C)=C(/C=C)C=O)ccc2c1. The number of carbonyl (C=O) groups excluding carboxylic acids is 2. The zero-order valence-corrected chi connectivity index (χ0v) is 28.3. The standard InChI is InChI=1S/C46H38N2O2/c1-6-15-37(9-4)47(38-17-14-18-39(30-38)48-44-21-12-10-19-42(44)43-20-11-13-22-45(43)48)40-26-25-35-28-33(23-24-36(35)29-40)27-32(5)46(50)41(16-7-2)34(8-3)31-49/h6-31H,1,3-4H2,2,5H3/b16-7-,32-27?,37-15+,41-34-. The lowest BCUT2D eigenvalue weighted by molar-refractivity contribution is -0.112. The highest BCUT2D eigenvalue weighted by atomic mass is 16.1. The van der Waals surface area contributed by atoms with Crippen molar-refractivity contribution in [1.29, 1.82) is 0 Å². The van der Waals surface area contributed by atoms with Crippen LogP contribution in [0.4, 0.5) is 11.4 Å². The highest BCUT2D eigenvalue weighted by Gasteiger charge is 2.17. The van der Waals surface area contributed by atoms with Crippen molar-refractivity contribution in [3.63, 3.8) is 0 Å². The van der Waals surface area contributed by atoms with Gasteiger partial charge in [0.2, 0.25) is 0 Å². The van der Waals surface area contributed by atoms with Gasteiger partial charge in [-0.1, -0.05) is 105 Å². The van der Waals surface area contributed by atoms with Crippen LogP contribution in [0.5, 0.6) is 0 Å². The normalized spacial score (nSPS) is 12.7. The van der Waals surface area contributed by atoms with Gasteiger partial charge in [0.05, 0.1) is 11.0 Å². The van der Waals surface area contributed by atoms with Gasteiger partial charge in [0.25, 0.3) is 0 Å². The number of Topliss-reactive ketones (excluding diaryl/α,β-unsaturated/α-hetero) is 1. The number of benzene rings is 5. The van der Waals surface area contributed by atoms with Crippen LogP contribution >= 0.6 is 0 Å². The van der Waals surface area contributed by atoms with E-state index in [1.165, 1.54) is 16.8 Å². The first-order valence-electron chi connectivity index (χ1n) is 16.5. The third kappa shape index (κ3) is 6.35. The molecule has 0 unspecified atom stereocenters. The van der Waals surface area contributed by atoms with E-state index >= 15 is 0 Å². The highest BCUT2D eigenvalue weighted by Crippen LogP contribution is 2.37. The van der Waals surface area contributed by atoms with E-state index < -0.39 is 0 Å². The maximum absolute atomic E-state index is 13.3. The van der Waals surface area contributed by atoms with Crippen molar-refractivity contribution in [2.45, 2.75) is 13.8 Å². The lowest BCUT2D eigenvalue weighted by Gasteiger charge is -2.27. The Bertz CT molecular complexity index is 2380. The van der Waals surface area contributed by atoms with Crippen LogP contribution in [0.3, 0.4) is 0 Å². The molecule has 6 aromatic rings. The number of hydrogen-bond donors (Lipinski definition) is 0. The number of fused-ring (bicyclic) bond motifs is 4. The number of anilines is 2. The van der Waals surface area contributed by atoms with Crippen LogP contribution in [0.25, 0.3) is 44.3 Å². The smallest absolute Gasteiger partial charge is 0.189 e. The first-order chi connectivity index (χ1) is 24.4. The summed E-state index contributed by atoms with van der Waals surface area (Å²) in [5.74, 6) is -0.217. The summed E-state index contributed by atoms with van der Waals surface area (Å²) < 4.78 is 2.31. The molecule has 0 aliphatic carbocycles. The molecule has 0 radical (unpaired) electrons. The summed E-state index contributed by atoms with van der Waals surface area (Å²) in [5, 5.41) is 4.49. The molecule has 0 N–H and O–H groups in total. The molecule has 6 rings (SSSR count). The van der Waals surface area contributed by atoms with Gasteiger partial charge < -0.3 is 9.47 Å². The Kier molecular flexibility index (Phi) is 9.82. The molecule has 0 saturated heterocycles. The number of carbonyl (C=O) groups is 2. The lowest BCUT2D eigenvalue weighted by atomic mass is 9.97. The quantitative estimate of drug-likeness (QED) is 0.0752. The minimum Gasteiger partial charge on any atom is -0.310 e. The second kappa shape index (κ2) is 14.7. The van der Waals surface area contributed by atoms with Crippen LogP contribution in [-0.2, 0) is 9.59 Å². The Balaban J connectivity index is 1.42. The largest absolute Gasteiger partial charge is 0.310 e. The summed E-state index contributed by atoms with van der Waals surface area (Å²) >= 11 is 0. The molecule has 0 saturated carbocycles.